The number of benzene rings is 1. The minimum Gasteiger partial charge on any atom is -0.495 e. The molecular weight excluding hydrogens is 316 g/mol. The standard InChI is InChI=1S/C13H10BrClN2O/c1-18-13-9(6-10(15)7-11(13)14)8-17-12-4-2-3-5-16-12/h2-8H,1H3. The molecule has 0 aliphatic rings. The van der Waals surface area contributed by atoms with Crippen LogP contribution in [0, 0.1) is 0 Å². The van der Waals surface area contributed by atoms with Gasteiger partial charge in [0.25, 0.3) is 0 Å². The van der Waals surface area contributed by atoms with Gasteiger partial charge in [-0.25, -0.2) is 9.98 Å². The van der Waals surface area contributed by atoms with Crippen LogP contribution in [0.25, 0.3) is 0 Å². The molecule has 2 aromatic rings. The maximum absolute atomic E-state index is 6.00. The number of rotatable bonds is 3. The van der Waals surface area contributed by atoms with Crippen molar-refractivity contribution in [1.29, 1.82) is 0 Å². The fourth-order valence-corrected chi connectivity index (χ4v) is 2.45. The van der Waals surface area contributed by atoms with E-state index >= 15 is 0 Å². The summed E-state index contributed by atoms with van der Waals surface area (Å²) in [6.07, 6.45) is 3.37. The Hall–Kier alpha value is -1.39. The summed E-state index contributed by atoms with van der Waals surface area (Å²) in [5.74, 6) is 1.33. The van der Waals surface area contributed by atoms with E-state index in [1.54, 1.807) is 31.7 Å². The number of pyridine rings is 1. The van der Waals surface area contributed by atoms with Gasteiger partial charge in [-0.2, -0.15) is 0 Å². The lowest BCUT2D eigenvalue weighted by Crippen LogP contribution is -1.92. The van der Waals surface area contributed by atoms with Crippen molar-refractivity contribution in [2.45, 2.75) is 0 Å². The largest absolute Gasteiger partial charge is 0.495 e. The Bertz CT molecular complexity index is 573. The van der Waals surface area contributed by atoms with E-state index < -0.39 is 0 Å². The number of hydrogen-bond donors (Lipinski definition) is 0. The first-order valence-electron chi connectivity index (χ1n) is 5.19. The van der Waals surface area contributed by atoms with Gasteiger partial charge in [0.2, 0.25) is 0 Å². The molecule has 0 saturated carbocycles. The number of aliphatic imine (C=N–C) groups is 1. The van der Waals surface area contributed by atoms with E-state index in [2.05, 4.69) is 25.9 Å². The highest BCUT2D eigenvalue weighted by Gasteiger charge is 2.07. The van der Waals surface area contributed by atoms with Crippen LogP contribution >= 0.6 is 27.5 Å². The summed E-state index contributed by atoms with van der Waals surface area (Å²) in [5.41, 5.74) is 0.794. The minimum atomic E-state index is 0.616. The lowest BCUT2D eigenvalue weighted by Gasteiger charge is -2.07. The molecular formula is C13H10BrClN2O. The number of ether oxygens (including phenoxy) is 1. The Kier molecular flexibility index (Phi) is 4.33. The van der Waals surface area contributed by atoms with E-state index in [0.29, 0.717) is 16.6 Å². The van der Waals surface area contributed by atoms with Crippen molar-refractivity contribution in [2.75, 3.05) is 7.11 Å². The van der Waals surface area contributed by atoms with Gasteiger partial charge in [0.15, 0.2) is 5.82 Å². The minimum absolute atomic E-state index is 0.616. The van der Waals surface area contributed by atoms with Crippen LogP contribution in [-0.2, 0) is 0 Å². The molecule has 2 rings (SSSR count). The molecule has 0 N–H and O–H groups in total. The first kappa shape index (κ1) is 13.1. The number of hydrogen-bond acceptors (Lipinski definition) is 3. The predicted octanol–water partition coefficient (Wildman–Crippen LogP) is 4.26. The molecule has 18 heavy (non-hydrogen) atoms. The van der Waals surface area contributed by atoms with Crippen molar-refractivity contribution in [2.24, 2.45) is 4.99 Å². The monoisotopic (exact) mass is 324 g/mol. The first-order valence-corrected chi connectivity index (χ1v) is 6.36. The van der Waals surface area contributed by atoms with Crippen LogP contribution in [0.15, 0.2) is 46.0 Å². The van der Waals surface area contributed by atoms with Gasteiger partial charge < -0.3 is 4.74 Å². The average molecular weight is 326 g/mol. The predicted molar refractivity (Wildman–Crippen MR) is 77.2 cm³/mol. The van der Waals surface area contributed by atoms with Crippen molar-refractivity contribution in [3.63, 3.8) is 0 Å². The lowest BCUT2D eigenvalue weighted by atomic mass is 10.2. The first-order chi connectivity index (χ1) is 8.70. The highest BCUT2D eigenvalue weighted by molar-refractivity contribution is 9.10. The zero-order valence-electron chi connectivity index (χ0n) is 9.60. The molecule has 0 saturated heterocycles. The zero-order valence-corrected chi connectivity index (χ0v) is 11.9. The fourth-order valence-electron chi connectivity index (χ4n) is 1.46. The van der Waals surface area contributed by atoms with Crippen molar-refractivity contribution in [1.82, 2.24) is 4.98 Å². The van der Waals surface area contributed by atoms with Gasteiger partial charge in [0, 0.05) is 23.0 Å². The topological polar surface area (TPSA) is 34.5 Å². The Balaban J connectivity index is 2.37. The van der Waals surface area contributed by atoms with Gasteiger partial charge >= 0.3 is 0 Å². The van der Waals surface area contributed by atoms with Gasteiger partial charge in [-0.05, 0) is 40.2 Å². The Morgan fingerprint density at radius 1 is 1.39 bits per heavy atom. The number of halogens is 2. The van der Waals surface area contributed by atoms with Crippen LogP contribution in [0.1, 0.15) is 5.56 Å². The molecule has 0 bridgehead atoms. The number of methoxy groups -OCH3 is 1. The molecule has 1 heterocycles. The average Bonchev–Trinajstić information content (AvgIpc) is 2.37. The fraction of sp³-hybridized carbons (Fsp3) is 0.0769. The number of nitrogens with zero attached hydrogens (tertiary/aromatic N) is 2. The van der Waals surface area contributed by atoms with Gasteiger partial charge in [0.05, 0.1) is 11.6 Å². The van der Waals surface area contributed by atoms with Crippen LogP contribution in [0.2, 0.25) is 5.02 Å². The van der Waals surface area contributed by atoms with E-state index in [0.717, 1.165) is 10.0 Å². The van der Waals surface area contributed by atoms with Crippen LogP contribution in [0.4, 0.5) is 5.82 Å². The van der Waals surface area contributed by atoms with E-state index in [1.165, 1.54) is 0 Å². The van der Waals surface area contributed by atoms with Crippen molar-refractivity contribution >= 4 is 39.6 Å². The summed E-state index contributed by atoms with van der Waals surface area (Å²) in [4.78, 5) is 8.38. The quantitative estimate of drug-likeness (QED) is 0.790. The zero-order chi connectivity index (χ0) is 13.0. The van der Waals surface area contributed by atoms with E-state index in [-0.39, 0.29) is 0 Å². The molecule has 0 aliphatic heterocycles. The lowest BCUT2D eigenvalue weighted by molar-refractivity contribution is 0.411. The molecule has 5 heteroatoms. The summed E-state index contributed by atoms with van der Waals surface area (Å²) < 4.78 is 6.09. The Morgan fingerprint density at radius 3 is 2.89 bits per heavy atom. The van der Waals surface area contributed by atoms with E-state index in [1.807, 2.05) is 18.2 Å². The number of aromatic nitrogens is 1. The Labute approximate surface area is 119 Å². The van der Waals surface area contributed by atoms with Gasteiger partial charge in [0.1, 0.15) is 5.75 Å². The smallest absolute Gasteiger partial charge is 0.151 e. The summed E-state index contributed by atoms with van der Waals surface area (Å²) in [6, 6.07) is 9.11. The van der Waals surface area contributed by atoms with Crippen LogP contribution in [-0.4, -0.2) is 18.3 Å². The molecule has 3 nitrogen and oxygen atoms in total. The van der Waals surface area contributed by atoms with Crippen molar-refractivity contribution in [3.05, 3.63) is 51.6 Å². The molecule has 0 radical (unpaired) electrons. The van der Waals surface area contributed by atoms with Gasteiger partial charge in [-0.15, -0.1) is 0 Å². The second-order valence-electron chi connectivity index (χ2n) is 3.46. The van der Waals surface area contributed by atoms with Gasteiger partial charge in [-0.1, -0.05) is 17.7 Å². The van der Waals surface area contributed by atoms with E-state index in [9.17, 15) is 0 Å². The molecule has 0 fully saturated rings. The maximum atomic E-state index is 6.00. The molecule has 92 valence electrons. The molecule has 0 amide bonds. The van der Waals surface area contributed by atoms with Crippen LogP contribution < -0.4 is 4.74 Å². The van der Waals surface area contributed by atoms with E-state index in [4.69, 9.17) is 16.3 Å². The molecule has 0 atom stereocenters. The van der Waals surface area contributed by atoms with Crippen LogP contribution in [0.3, 0.4) is 0 Å². The maximum Gasteiger partial charge on any atom is 0.151 e. The SMILES string of the molecule is COc1c(Br)cc(Cl)cc1C=Nc1ccccn1. The summed E-state index contributed by atoms with van der Waals surface area (Å²) in [5, 5.41) is 0.616. The second-order valence-corrected chi connectivity index (χ2v) is 4.75. The third-order valence-electron chi connectivity index (χ3n) is 2.23. The molecule has 0 unspecified atom stereocenters. The molecule has 1 aromatic heterocycles. The normalized spacial score (nSPS) is 10.8. The summed E-state index contributed by atoms with van der Waals surface area (Å²) >= 11 is 9.40. The van der Waals surface area contributed by atoms with Crippen LogP contribution in [0.5, 0.6) is 5.75 Å². The Morgan fingerprint density at radius 2 is 2.22 bits per heavy atom. The second kappa shape index (κ2) is 5.98. The highest BCUT2D eigenvalue weighted by Crippen LogP contribution is 2.31. The molecule has 0 spiro atoms. The highest BCUT2D eigenvalue weighted by atomic mass is 79.9. The van der Waals surface area contributed by atoms with Crippen molar-refractivity contribution < 1.29 is 4.74 Å². The molecule has 0 aliphatic carbocycles. The third-order valence-corrected chi connectivity index (χ3v) is 3.03. The van der Waals surface area contributed by atoms with Gasteiger partial charge in [-0.3, -0.25) is 0 Å². The molecule has 1 aromatic carbocycles. The third kappa shape index (κ3) is 3.09. The summed E-state index contributed by atoms with van der Waals surface area (Å²) in [7, 11) is 1.60. The summed E-state index contributed by atoms with van der Waals surface area (Å²) in [6.45, 7) is 0. The van der Waals surface area contributed by atoms with Crippen molar-refractivity contribution in [3.8, 4) is 5.75 Å².